The molecule has 6 nitrogen and oxygen atoms in total. The van der Waals surface area contributed by atoms with E-state index in [1.807, 2.05) is 0 Å². The van der Waals surface area contributed by atoms with Crippen molar-refractivity contribution in [2.24, 2.45) is 0 Å². The van der Waals surface area contributed by atoms with E-state index < -0.39 is 29.1 Å². The highest BCUT2D eigenvalue weighted by atomic mass is 19.1. The topological polar surface area (TPSA) is 86.5 Å². The maximum atomic E-state index is 13.4. The van der Waals surface area contributed by atoms with Gasteiger partial charge in [0.15, 0.2) is 6.61 Å². The molecule has 0 aromatic heterocycles. The number of ether oxygens (including phenoxy) is 1. The number of nitro benzene ring substituents is 1. The molecule has 0 fully saturated rings. The summed E-state index contributed by atoms with van der Waals surface area (Å²) in [7, 11) is 0. The van der Waals surface area contributed by atoms with Gasteiger partial charge in [-0.2, -0.15) is 0 Å². The minimum absolute atomic E-state index is 0.0620. The monoisotopic (exact) mass is 303 g/mol. The van der Waals surface area contributed by atoms with Gasteiger partial charge in [0.1, 0.15) is 5.82 Å². The average Bonchev–Trinajstić information content (AvgIpc) is 2.52. The van der Waals surface area contributed by atoms with Crippen molar-refractivity contribution in [3.63, 3.8) is 0 Å². The lowest BCUT2D eigenvalue weighted by Gasteiger charge is -2.05. The number of benzene rings is 2. The third-order valence-electron chi connectivity index (χ3n) is 2.82. The molecule has 7 heteroatoms. The van der Waals surface area contributed by atoms with Crippen molar-refractivity contribution in [1.29, 1.82) is 0 Å². The number of nitrogens with zero attached hydrogens (tertiary/aromatic N) is 1. The van der Waals surface area contributed by atoms with E-state index in [1.165, 1.54) is 30.3 Å². The number of halogens is 1. The van der Waals surface area contributed by atoms with E-state index >= 15 is 0 Å². The SMILES string of the molecule is O=C(OCC(=O)c1ccccc1F)c1ccc([N+](=O)[O-])cc1. The molecule has 0 saturated heterocycles. The number of hydrogen-bond acceptors (Lipinski definition) is 5. The van der Waals surface area contributed by atoms with Crippen LogP contribution in [0.2, 0.25) is 0 Å². The normalized spacial score (nSPS) is 10.0. The van der Waals surface area contributed by atoms with Gasteiger partial charge < -0.3 is 4.74 Å². The van der Waals surface area contributed by atoms with Gasteiger partial charge >= 0.3 is 5.97 Å². The van der Waals surface area contributed by atoms with Crippen LogP contribution in [0.1, 0.15) is 20.7 Å². The Morgan fingerprint density at radius 3 is 2.32 bits per heavy atom. The van der Waals surface area contributed by atoms with Crippen LogP contribution in [0.4, 0.5) is 10.1 Å². The first-order valence-corrected chi connectivity index (χ1v) is 6.18. The zero-order chi connectivity index (χ0) is 16.1. The van der Waals surface area contributed by atoms with E-state index in [9.17, 15) is 24.1 Å². The van der Waals surface area contributed by atoms with Crippen LogP contribution >= 0.6 is 0 Å². The van der Waals surface area contributed by atoms with Crippen molar-refractivity contribution in [1.82, 2.24) is 0 Å². The van der Waals surface area contributed by atoms with E-state index in [1.54, 1.807) is 0 Å². The Kier molecular flexibility index (Phi) is 4.57. The highest BCUT2D eigenvalue weighted by molar-refractivity contribution is 5.99. The number of carbonyl (C=O) groups excluding carboxylic acids is 2. The van der Waals surface area contributed by atoms with E-state index in [4.69, 9.17) is 4.74 Å². The zero-order valence-electron chi connectivity index (χ0n) is 11.2. The average molecular weight is 303 g/mol. The zero-order valence-corrected chi connectivity index (χ0v) is 11.2. The van der Waals surface area contributed by atoms with Crippen molar-refractivity contribution < 1.29 is 23.6 Å². The minimum Gasteiger partial charge on any atom is -0.454 e. The Morgan fingerprint density at radius 1 is 1.09 bits per heavy atom. The van der Waals surface area contributed by atoms with Crippen LogP contribution in [-0.4, -0.2) is 23.3 Å². The molecular weight excluding hydrogens is 293 g/mol. The maximum Gasteiger partial charge on any atom is 0.338 e. The molecule has 0 saturated carbocycles. The van der Waals surface area contributed by atoms with Crippen molar-refractivity contribution in [3.8, 4) is 0 Å². The fourth-order valence-corrected chi connectivity index (χ4v) is 1.70. The second kappa shape index (κ2) is 6.57. The molecule has 2 aromatic rings. The first-order chi connectivity index (χ1) is 10.5. The fraction of sp³-hybridized carbons (Fsp3) is 0.0667. The van der Waals surface area contributed by atoms with Gasteiger partial charge in [0, 0.05) is 12.1 Å². The van der Waals surface area contributed by atoms with Crippen LogP contribution in [0.3, 0.4) is 0 Å². The molecule has 0 atom stereocenters. The Bertz CT molecular complexity index is 727. The molecular formula is C15H10FNO5. The highest BCUT2D eigenvalue weighted by Gasteiger charge is 2.15. The molecule has 0 aliphatic rings. The molecule has 0 amide bonds. The molecule has 0 aliphatic heterocycles. The van der Waals surface area contributed by atoms with Gasteiger partial charge in [-0.15, -0.1) is 0 Å². The van der Waals surface area contributed by atoms with Gasteiger partial charge in [0.25, 0.3) is 5.69 Å². The molecule has 0 N–H and O–H groups in total. The van der Waals surface area contributed by atoms with Gasteiger partial charge in [0.05, 0.1) is 16.1 Å². The number of nitro groups is 1. The van der Waals surface area contributed by atoms with Crippen molar-refractivity contribution >= 4 is 17.4 Å². The van der Waals surface area contributed by atoms with Crippen LogP contribution in [-0.2, 0) is 4.74 Å². The Hall–Kier alpha value is -3.09. The number of rotatable bonds is 5. The third kappa shape index (κ3) is 3.51. The predicted molar refractivity (Wildman–Crippen MR) is 74.1 cm³/mol. The maximum absolute atomic E-state index is 13.4. The second-order valence-electron chi connectivity index (χ2n) is 4.28. The van der Waals surface area contributed by atoms with Gasteiger partial charge in [-0.3, -0.25) is 14.9 Å². The van der Waals surface area contributed by atoms with Gasteiger partial charge in [-0.1, -0.05) is 12.1 Å². The molecule has 2 rings (SSSR count). The number of non-ortho nitro benzene ring substituents is 1. The van der Waals surface area contributed by atoms with Crippen molar-refractivity contribution in [2.75, 3.05) is 6.61 Å². The second-order valence-corrected chi connectivity index (χ2v) is 4.28. The summed E-state index contributed by atoms with van der Waals surface area (Å²) in [6.45, 7) is -0.614. The molecule has 112 valence electrons. The van der Waals surface area contributed by atoms with Crippen LogP contribution in [0.5, 0.6) is 0 Å². The Balaban J connectivity index is 1.99. The number of Topliss-reactive ketones (excluding diaryl/α,β-unsaturated/α-hetero) is 1. The summed E-state index contributed by atoms with van der Waals surface area (Å²) in [5.74, 6) is -2.19. The lowest BCUT2D eigenvalue weighted by molar-refractivity contribution is -0.384. The lowest BCUT2D eigenvalue weighted by atomic mass is 10.1. The van der Waals surface area contributed by atoms with Gasteiger partial charge in [-0.05, 0) is 24.3 Å². The summed E-state index contributed by atoms with van der Waals surface area (Å²) < 4.78 is 18.2. The summed E-state index contributed by atoms with van der Waals surface area (Å²) in [5.41, 5.74) is -0.273. The third-order valence-corrected chi connectivity index (χ3v) is 2.82. The summed E-state index contributed by atoms with van der Waals surface area (Å²) in [6.07, 6.45) is 0. The van der Waals surface area contributed by atoms with Gasteiger partial charge in [-0.25, -0.2) is 9.18 Å². The lowest BCUT2D eigenvalue weighted by Crippen LogP contribution is -2.15. The molecule has 0 bridgehead atoms. The number of ketones is 1. The number of esters is 1. The predicted octanol–water partition coefficient (Wildman–Crippen LogP) is 2.77. The summed E-state index contributed by atoms with van der Waals surface area (Å²) in [4.78, 5) is 33.3. The number of hydrogen-bond donors (Lipinski definition) is 0. The largest absolute Gasteiger partial charge is 0.454 e. The van der Waals surface area contributed by atoms with E-state index in [0.717, 1.165) is 18.2 Å². The van der Waals surface area contributed by atoms with Crippen LogP contribution in [0.15, 0.2) is 48.5 Å². The molecule has 0 heterocycles. The van der Waals surface area contributed by atoms with E-state index in [0.29, 0.717) is 0 Å². The standard InChI is InChI=1S/C15H10FNO5/c16-13-4-2-1-3-12(13)14(18)9-22-15(19)10-5-7-11(8-6-10)17(20)21/h1-8H,9H2. The quantitative estimate of drug-likeness (QED) is 0.367. The van der Waals surface area contributed by atoms with Crippen molar-refractivity contribution in [2.45, 2.75) is 0 Å². The number of carbonyl (C=O) groups is 2. The summed E-state index contributed by atoms with van der Waals surface area (Å²) in [6, 6.07) is 10.1. The Morgan fingerprint density at radius 2 is 1.73 bits per heavy atom. The molecule has 0 aliphatic carbocycles. The van der Waals surface area contributed by atoms with E-state index in [-0.39, 0.29) is 16.8 Å². The van der Waals surface area contributed by atoms with E-state index in [2.05, 4.69) is 0 Å². The first-order valence-electron chi connectivity index (χ1n) is 6.18. The van der Waals surface area contributed by atoms with Crippen LogP contribution in [0, 0.1) is 15.9 Å². The van der Waals surface area contributed by atoms with Gasteiger partial charge in [0.2, 0.25) is 5.78 Å². The molecule has 2 aromatic carbocycles. The van der Waals surface area contributed by atoms with Crippen molar-refractivity contribution in [3.05, 3.63) is 75.6 Å². The molecule has 0 radical (unpaired) electrons. The molecule has 0 unspecified atom stereocenters. The fourth-order valence-electron chi connectivity index (χ4n) is 1.70. The smallest absolute Gasteiger partial charge is 0.338 e. The molecule has 22 heavy (non-hydrogen) atoms. The summed E-state index contributed by atoms with van der Waals surface area (Å²) in [5, 5.41) is 10.5. The first kappa shape index (κ1) is 15.3. The van der Waals surface area contributed by atoms with Crippen LogP contribution in [0.25, 0.3) is 0 Å². The minimum atomic E-state index is -0.820. The molecule has 0 spiro atoms. The summed E-state index contributed by atoms with van der Waals surface area (Å²) >= 11 is 0. The van der Waals surface area contributed by atoms with Crippen LogP contribution < -0.4 is 0 Å². The Labute approximate surface area is 124 Å². The highest BCUT2D eigenvalue weighted by Crippen LogP contribution is 2.13.